The van der Waals surface area contributed by atoms with E-state index >= 15 is 0 Å². The van der Waals surface area contributed by atoms with E-state index in [9.17, 15) is 4.79 Å². The van der Waals surface area contributed by atoms with Gasteiger partial charge >= 0.3 is 6.09 Å². The van der Waals surface area contributed by atoms with E-state index in [1.54, 1.807) is 6.07 Å². The number of aromatic nitrogens is 1. The molecule has 0 aromatic carbocycles. The summed E-state index contributed by atoms with van der Waals surface area (Å²) in [6.45, 7) is 9.12. The van der Waals surface area contributed by atoms with Crippen LogP contribution in [0.2, 0.25) is 0 Å². The number of amides is 1. The summed E-state index contributed by atoms with van der Waals surface area (Å²) in [5, 5.41) is 2.67. The third-order valence-corrected chi connectivity index (χ3v) is 3.56. The monoisotopic (exact) mass is 291 g/mol. The molecule has 0 radical (unpaired) electrons. The Morgan fingerprint density at radius 2 is 2.10 bits per heavy atom. The number of nitrogens with zero attached hydrogens (tertiary/aromatic N) is 2. The molecule has 114 valence electrons. The minimum atomic E-state index is -0.518. The number of carbonyl (C=O) groups is 1. The van der Waals surface area contributed by atoms with Gasteiger partial charge in [-0.05, 0) is 32.9 Å². The van der Waals surface area contributed by atoms with E-state index in [2.05, 4.69) is 15.2 Å². The maximum absolute atomic E-state index is 11.7. The van der Waals surface area contributed by atoms with Crippen LogP contribution in [0.4, 0.5) is 16.4 Å². The molecule has 6 nitrogen and oxygen atoms in total. The number of hydrogen-bond acceptors (Lipinski definition) is 5. The van der Waals surface area contributed by atoms with Gasteiger partial charge in [-0.3, -0.25) is 5.32 Å². The van der Waals surface area contributed by atoms with E-state index in [1.807, 2.05) is 32.9 Å². The van der Waals surface area contributed by atoms with Gasteiger partial charge in [0.25, 0.3) is 0 Å². The van der Waals surface area contributed by atoms with E-state index in [4.69, 9.17) is 9.47 Å². The van der Waals surface area contributed by atoms with Gasteiger partial charge < -0.3 is 14.4 Å². The second kappa shape index (κ2) is 4.87. The molecule has 1 aromatic rings. The summed E-state index contributed by atoms with van der Waals surface area (Å²) in [6.07, 6.45) is -0.486. The Labute approximate surface area is 124 Å². The fourth-order valence-electron chi connectivity index (χ4n) is 2.58. The van der Waals surface area contributed by atoms with Crippen molar-refractivity contribution in [1.29, 1.82) is 0 Å². The Morgan fingerprint density at radius 1 is 1.38 bits per heavy atom. The van der Waals surface area contributed by atoms with Crippen LogP contribution in [0.15, 0.2) is 18.2 Å². The Kier molecular flexibility index (Phi) is 3.28. The SMILES string of the molecule is CC(C)(C)OC(=O)Nc1cccc(N2CC3(COC3)C2)n1. The van der Waals surface area contributed by atoms with Gasteiger partial charge in [0.1, 0.15) is 17.2 Å². The minimum Gasteiger partial charge on any atom is -0.444 e. The lowest BCUT2D eigenvalue weighted by molar-refractivity contribution is -0.127. The predicted octanol–water partition coefficient (Wildman–Crippen LogP) is 2.27. The third-order valence-electron chi connectivity index (χ3n) is 3.56. The molecular formula is C15H21N3O3. The number of anilines is 2. The Hall–Kier alpha value is -1.82. The summed E-state index contributed by atoms with van der Waals surface area (Å²) in [4.78, 5) is 18.4. The number of rotatable bonds is 2. The lowest BCUT2D eigenvalue weighted by Gasteiger charge is -2.55. The predicted molar refractivity (Wildman–Crippen MR) is 79.6 cm³/mol. The summed E-state index contributed by atoms with van der Waals surface area (Å²) < 4.78 is 10.5. The van der Waals surface area contributed by atoms with Crippen molar-refractivity contribution >= 4 is 17.7 Å². The standard InChI is InChI=1S/C15H21N3O3/c1-14(2,3)21-13(19)17-11-5-4-6-12(16-11)18-7-15(8-18)9-20-10-15/h4-6H,7-10H2,1-3H3,(H,16,17,19). The zero-order valence-electron chi connectivity index (χ0n) is 12.7. The third kappa shape index (κ3) is 3.10. The van der Waals surface area contributed by atoms with Crippen LogP contribution in [-0.4, -0.2) is 43.0 Å². The van der Waals surface area contributed by atoms with Crippen LogP contribution in [0.5, 0.6) is 0 Å². The summed E-state index contributed by atoms with van der Waals surface area (Å²) in [5.41, 5.74) is -0.175. The summed E-state index contributed by atoms with van der Waals surface area (Å²) in [6, 6.07) is 5.60. The highest BCUT2D eigenvalue weighted by Crippen LogP contribution is 2.39. The molecule has 0 saturated carbocycles. The van der Waals surface area contributed by atoms with E-state index < -0.39 is 11.7 Å². The highest BCUT2D eigenvalue weighted by molar-refractivity contribution is 5.83. The quantitative estimate of drug-likeness (QED) is 0.905. The molecule has 2 aliphatic rings. The van der Waals surface area contributed by atoms with Gasteiger partial charge in [0.15, 0.2) is 0 Å². The van der Waals surface area contributed by atoms with Crippen molar-refractivity contribution in [2.45, 2.75) is 26.4 Å². The first-order valence-electron chi connectivity index (χ1n) is 7.15. The van der Waals surface area contributed by atoms with Crippen molar-refractivity contribution in [3.8, 4) is 0 Å². The first kappa shape index (κ1) is 14.1. The lowest BCUT2D eigenvalue weighted by Crippen LogP contribution is -2.66. The first-order valence-corrected chi connectivity index (χ1v) is 7.15. The van der Waals surface area contributed by atoms with Crippen LogP contribution < -0.4 is 10.2 Å². The highest BCUT2D eigenvalue weighted by atomic mass is 16.6. The Balaban J connectivity index is 1.60. The van der Waals surface area contributed by atoms with Crippen LogP contribution in [0, 0.1) is 5.41 Å². The molecule has 2 aliphatic heterocycles. The molecule has 0 bridgehead atoms. The molecule has 1 amide bonds. The van der Waals surface area contributed by atoms with Crippen LogP contribution in [0.3, 0.4) is 0 Å². The normalized spacial score (nSPS) is 19.7. The van der Waals surface area contributed by atoms with E-state index in [0.717, 1.165) is 32.1 Å². The van der Waals surface area contributed by atoms with Crippen LogP contribution >= 0.6 is 0 Å². The maximum atomic E-state index is 11.7. The molecule has 2 fully saturated rings. The molecule has 1 N–H and O–H groups in total. The molecule has 0 atom stereocenters. The van der Waals surface area contributed by atoms with Crippen molar-refractivity contribution in [3.05, 3.63) is 18.2 Å². The molecule has 3 heterocycles. The number of carbonyl (C=O) groups excluding carboxylic acids is 1. The first-order chi connectivity index (χ1) is 9.85. The maximum Gasteiger partial charge on any atom is 0.413 e. The second-order valence-corrected chi connectivity index (χ2v) is 6.86. The molecule has 0 aliphatic carbocycles. The molecule has 1 spiro atoms. The fraction of sp³-hybridized carbons (Fsp3) is 0.600. The molecular weight excluding hydrogens is 270 g/mol. The molecule has 3 rings (SSSR count). The van der Waals surface area contributed by atoms with Crippen LogP contribution in [-0.2, 0) is 9.47 Å². The topological polar surface area (TPSA) is 63.7 Å². The van der Waals surface area contributed by atoms with Gasteiger partial charge in [0, 0.05) is 13.1 Å². The van der Waals surface area contributed by atoms with Crippen molar-refractivity contribution < 1.29 is 14.3 Å². The van der Waals surface area contributed by atoms with Crippen molar-refractivity contribution in [1.82, 2.24) is 4.98 Å². The van der Waals surface area contributed by atoms with Crippen molar-refractivity contribution in [2.24, 2.45) is 5.41 Å². The Morgan fingerprint density at radius 3 is 2.67 bits per heavy atom. The van der Waals surface area contributed by atoms with Crippen LogP contribution in [0.25, 0.3) is 0 Å². The second-order valence-electron chi connectivity index (χ2n) is 6.86. The fourth-order valence-corrected chi connectivity index (χ4v) is 2.58. The summed E-state index contributed by atoms with van der Waals surface area (Å²) >= 11 is 0. The lowest BCUT2D eigenvalue weighted by atomic mass is 9.78. The Bertz CT molecular complexity index is 541. The van der Waals surface area contributed by atoms with Gasteiger partial charge in [-0.25, -0.2) is 9.78 Å². The highest BCUT2D eigenvalue weighted by Gasteiger charge is 2.49. The molecule has 2 saturated heterocycles. The van der Waals surface area contributed by atoms with Gasteiger partial charge in [-0.1, -0.05) is 6.07 Å². The van der Waals surface area contributed by atoms with E-state index in [-0.39, 0.29) is 0 Å². The summed E-state index contributed by atoms with van der Waals surface area (Å²) in [5.74, 6) is 1.38. The minimum absolute atomic E-state index is 0.344. The zero-order chi connectivity index (χ0) is 15.1. The molecule has 6 heteroatoms. The molecule has 1 aromatic heterocycles. The number of ether oxygens (including phenoxy) is 2. The van der Waals surface area contributed by atoms with Gasteiger partial charge in [-0.2, -0.15) is 0 Å². The molecule has 0 unspecified atom stereocenters. The number of pyridine rings is 1. The largest absolute Gasteiger partial charge is 0.444 e. The van der Waals surface area contributed by atoms with E-state index in [1.165, 1.54) is 0 Å². The average Bonchev–Trinajstić information content (AvgIpc) is 2.22. The summed E-state index contributed by atoms with van der Waals surface area (Å²) in [7, 11) is 0. The van der Waals surface area contributed by atoms with Gasteiger partial charge in [0.2, 0.25) is 0 Å². The average molecular weight is 291 g/mol. The van der Waals surface area contributed by atoms with Crippen LogP contribution in [0.1, 0.15) is 20.8 Å². The van der Waals surface area contributed by atoms with Gasteiger partial charge in [-0.15, -0.1) is 0 Å². The smallest absolute Gasteiger partial charge is 0.413 e. The van der Waals surface area contributed by atoms with Crippen molar-refractivity contribution in [3.63, 3.8) is 0 Å². The number of nitrogens with one attached hydrogen (secondary N) is 1. The van der Waals surface area contributed by atoms with Crippen molar-refractivity contribution in [2.75, 3.05) is 36.5 Å². The number of hydrogen-bond donors (Lipinski definition) is 1. The zero-order valence-corrected chi connectivity index (χ0v) is 12.7. The van der Waals surface area contributed by atoms with E-state index in [0.29, 0.717) is 11.2 Å². The van der Waals surface area contributed by atoms with Gasteiger partial charge in [0.05, 0.1) is 18.6 Å². The molecule has 21 heavy (non-hydrogen) atoms.